The highest BCUT2D eigenvalue weighted by atomic mass is 16.1. The Morgan fingerprint density at radius 1 is 0.955 bits per heavy atom. The fraction of sp³-hybridized carbons (Fsp3) is 0. The van der Waals surface area contributed by atoms with Crippen molar-refractivity contribution in [1.82, 2.24) is 15.0 Å². The van der Waals surface area contributed by atoms with E-state index in [9.17, 15) is 4.79 Å². The summed E-state index contributed by atoms with van der Waals surface area (Å²) in [5, 5.41) is 2.18. The number of anilines is 2. The van der Waals surface area contributed by atoms with Gasteiger partial charge in [-0.2, -0.15) is 0 Å². The molecule has 0 saturated heterocycles. The van der Waals surface area contributed by atoms with E-state index in [2.05, 4.69) is 15.0 Å². The number of fused-ring (bicyclic) bond motifs is 2. The lowest BCUT2D eigenvalue weighted by Crippen LogP contribution is -2.31. The zero-order valence-electron chi connectivity index (χ0n) is 11.6. The van der Waals surface area contributed by atoms with Crippen LogP contribution in [0.3, 0.4) is 0 Å². The SMILES string of the molecule is NN(c1nc2ccccc2[nH]1)c1cc2ccccc2[nH]c1=O. The molecule has 0 saturated carbocycles. The number of nitrogens with two attached hydrogens (primary N) is 1. The summed E-state index contributed by atoms with van der Waals surface area (Å²) < 4.78 is 0. The molecule has 6 heteroatoms. The van der Waals surface area contributed by atoms with E-state index in [4.69, 9.17) is 5.84 Å². The van der Waals surface area contributed by atoms with E-state index in [0.29, 0.717) is 11.6 Å². The number of nitrogens with one attached hydrogen (secondary N) is 2. The van der Waals surface area contributed by atoms with E-state index in [0.717, 1.165) is 21.9 Å². The minimum absolute atomic E-state index is 0.262. The van der Waals surface area contributed by atoms with Gasteiger partial charge in [0.15, 0.2) is 0 Å². The van der Waals surface area contributed by atoms with Crippen molar-refractivity contribution in [2.75, 3.05) is 5.01 Å². The summed E-state index contributed by atoms with van der Waals surface area (Å²) in [4.78, 5) is 22.6. The van der Waals surface area contributed by atoms with Crippen LogP contribution in [0, 0.1) is 0 Å². The molecule has 22 heavy (non-hydrogen) atoms. The molecule has 0 bridgehead atoms. The van der Waals surface area contributed by atoms with Gasteiger partial charge in [0.25, 0.3) is 5.56 Å². The van der Waals surface area contributed by atoms with Crippen molar-refractivity contribution in [3.63, 3.8) is 0 Å². The van der Waals surface area contributed by atoms with Crippen LogP contribution in [0.5, 0.6) is 0 Å². The first-order chi connectivity index (χ1) is 10.7. The van der Waals surface area contributed by atoms with E-state index < -0.39 is 0 Å². The van der Waals surface area contributed by atoms with Gasteiger partial charge < -0.3 is 9.97 Å². The fourth-order valence-corrected chi connectivity index (χ4v) is 2.48. The van der Waals surface area contributed by atoms with Crippen molar-refractivity contribution in [1.29, 1.82) is 0 Å². The Kier molecular flexibility index (Phi) is 2.70. The average molecular weight is 291 g/mol. The van der Waals surface area contributed by atoms with E-state index >= 15 is 0 Å². The average Bonchev–Trinajstić information content (AvgIpc) is 2.97. The molecule has 0 aliphatic heterocycles. The molecule has 6 nitrogen and oxygen atoms in total. The van der Waals surface area contributed by atoms with E-state index in [1.165, 1.54) is 5.01 Å². The van der Waals surface area contributed by atoms with Crippen LogP contribution in [0.4, 0.5) is 11.6 Å². The predicted molar refractivity (Wildman–Crippen MR) is 87.0 cm³/mol. The van der Waals surface area contributed by atoms with Gasteiger partial charge in [-0.1, -0.05) is 30.3 Å². The number of rotatable bonds is 2. The molecule has 0 aliphatic carbocycles. The van der Waals surface area contributed by atoms with Crippen molar-refractivity contribution >= 4 is 33.6 Å². The third kappa shape index (κ3) is 1.94. The number of aromatic nitrogens is 3. The summed E-state index contributed by atoms with van der Waals surface area (Å²) in [6, 6.07) is 16.9. The Morgan fingerprint density at radius 3 is 2.50 bits per heavy atom. The van der Waals surface area contributed by atoms with Crippen LogP contribution in [0.25, 0.3) is 21.9 Å². The number of aromatic amines is 2. The number of H-pyrrole nitrogens is 2. The number of para-hydroxylation sites is 3. The third-order valence-electron chi connectivity index (χ3n) is 3.60. The van der Waals surface area contributed by atoms with Crippen molar-refractivity contribution in [2.24, 2.45) is 5.84 Å². The second-order valence-electron chi connectivity index (χ2n) is 5.02. The lowest BCUT2D eigenvalue weighted by atomic mass is 10.2. The van der Waals surface area contributed by atoms with Crippen LogP contribution in [-0.2, 0) is 0 Å². The molecule has 2 aromatic carbocycles. The van der Waals surface area contributed by atoms with Crippen LogP contribution in [0.15, 0.2) is 59.4 Å². The first-order valence-corrected chi connectivity index (χ1v) is 6.84. The number of imidazole rings is 1. The van der Waals surface area contributed by atoms with Crippen LogP contribution >= 0.6 is 0 Å². The Balaban J connectivity index is 1.86. The molecule has 0 radical (unpaired) electrons. The summed E-state index contributed by atoms with van der Waals surface area (Å²) in [5.41, 5.74) is 2.50. The Labute approximate surface area is 125 Å². The third-order valence-corrected chi connectivity index (χ3v) is 3.60. The number of nitrogens with zero attached hydrogens (tertiary/aromatic N) is 2. The maximum Gasteiger partial charge on any atom is 0.273 e. The summed E-state index contributed by atoms with van der Waals surface area (Å²) in [6.07, 6.45) is 0. The van der Waals surface area contributed by atoms with Gasteiger partial charge in [-0.15, -0.1) is 0 Å². The van der Waals surface area contributed by atoms with Gasteiger partial charge in [-0.05, 0) is 24.3 Å². The minimum Gasteiger partial charge on any atom is -0.323 e. The van der Waals surface area contributed by atoms with Crippen LogP contribution in [0.2, 0.25) is 0 Å². The molecule has 108 valence electrons. The molecule has 0 aliphatic rings. The highest BCUT2D eigenvalue weighted by Crippen LogP contribution is 2.21. The second kappa shape index (κ2) is 4.71. The molecule has 4 rings (SSSR count). The van der Waals surface area contributed by atoms with E-state index in [1.54, 1.807) is 6.07 Å². The number of hydrogen-bond acceptors (Lipinski definition) is 4. The molecule has 2 aromatic heterocycles. The predicted octanol–water partition coefficient (Wildman–Crippen LogP) is 2.42. The Morgan fingerprint density at radius 2 is 1.68 bits per heavy atom. The summed E-state index contributed by atoms with van der Waals surface area (Å²) in [7, 11) is 0. The van der Waals surface area contributed by atoms with E-state index in [1.807, 2.05) is 48.5 Å². The maximum atomic E-state index is 12.2. The van der Waals surface area contributed by atoms with E-state index in [-0.39, 0.29) is 5.56 Å². The minimum atomic E-state index is -0.262. The maximum absolute atomic E-state index is 12.2. The lowest BCUT2D eigenvalue weighted by molar-refractivity contribution is 1.00. The number of pyridine rings is 1. The topological polar surface area (TPSA) is 90.8 Å². The van der Waals surface area contributed by atoms with Crippen LogP contribution < -0.4 is 16.4 Å². The largest absolute Gasteiger partial charge is 0.323 e. The molecule has 4 N–H and O–H groups in total. The van der Waals surface area contributed by atoms with Crippen molar-refractivity contribution in [3.05, 3.63) is 65.0 Å². The summed E-state index contributed by atoms with van der Waals surface area (Å²) >= 11 is 0. The molecule has 0 amide bonds. The quantitative estimate of drug-likeness (QED) is 0.391. The normalized spacial score (nSPS) is 11.1. The van der Waals surface area contributed by atoms with Gasteiger partial charge in [-0.3, -0.25) is 4.79 Å². The highest BCUT2D eigenvalue weighted by Gasteiger charge is 2.14. The summed E-state index contributed by atoms with van der Waals surface area (Å²) in [5.74, 6) is 6.51. The zero-order chi connectivity index (χ0) is 15.1. The molecule has 0 fully saturated rings. The first-order valence-electron chi connectivity index (χ1n) is 6.84. The molecule has 4 aromatic rings. The van der Waals surface area contributed by atoms with Crippen LogP contribution in [0.1, 0.15) is 0 Å². The zero-order valence-corrected chi connectivity index (χ0v) is 11.6. The molecule has 2 heterocycles. The molecule has 0 unspecified atom stereocenters. The van der Waals surface area contributed by atoms with Gasteiger partial charge in [-0.25, -0.2) is 15.8 Å². The van der Waals surface area contributed by atoms with Gasteiger partial charge in [0, 0.05) is 10.9 Å². The van der Waals surface area contributed by atoms with Crippen molar-refractivity contribution in [2.45, 2.75) is 0 Å². The molecular weight excluding hydrogens is 278 g/mol. The fourth-order valence-electron chi connectivity index (χ4n) is 2.48. The number of benzene rings is 2. The summed E-state index contributed by atoms with van der Waals surface area (Å²) in [6.45, 7) is 0. The van der Waals surface area contributed by atoms with Gasteiger partial charge in [0.1, 0.15) is 5.69 Å². The first kappa shape index (κ1) is 12.6. The number of hydrogen-bond donors (Lipinski definition) is 3. The molecule has 0 atom stereocenters. The van der Waals surface area contributed by atoms with Crippen molar-refractivity contribution < 1.29 is 0 Å². The lowest BCUT2D eigenvalue weighted by Gasteiger charge is -2.14. The molecule has 0 spiro atoms. The Bertz CT molecular complexity index is 1000. The monoisotopic (exact) mass is 291 g/mol. The second-order valence-corrected chi connectivity index (χ2v) is 5.02. The number of hydrazine groups is 1. The highest BCUT2D eigenvalue weighted by molar-refractivity contribution is 5.83. The van der Waals surface area contributed by atoms with Crippen LogP contribution in [-0.4, -0.2) is 15.0 Å². The van der Waals surface area contributed by atoms with Gasteiger partial charge >= 0.3 is 0 Å². The van der Waals surface area contributed by atoms with Gasteiger partial charge in [0.05, 0.1) is 11.0 Å². The standard InChI is InChI=1S/C16H13N5O/c17-21(16-19-12-7-3-4-8-13(12)20-16)14-9-10-5-1-2-6-11(10)18-15(14)22/h1-9H,17H2,(H,18,22)(H,19,20). The smallest absolute Gasteiger partial charge is 0.273 e. The van der Waals surface area contributed by atoms with Crippen molar-refractivity contribution in [3.8, 4) is 0 Å². The molecular formula is C16H13N5O. The van der Waals surface area contributed by atoms with Gasteiger partial charge in [0.2, 0.25) is 5.95 Å². The Hall–Kier alpha value is -3.12.